The minimum Gasteiger partial charge on any atom is -0.452 e. The van der Waals surface area contributed by atoms with Crippen molar-refractivity contribution >= 4 is 23.3 Å². The highest BCUT2D eigenvalue weighted by Crippen LogP contribution is 2.27. The molecular weight excluding hydrogens is 383 g/mol. The van der Waals surface area contributed by atoms with Gasteiger partial charge in [-0.2, -0.15) is 0 Å². The first kappa shape index (κ1) is 19.8. The van der Waals surface area contributed by atoms with Crippen LogP contribution in [0, 0.1) is 39.2 Å². The van der Waals surface area contributed by atoms with Gasteiger partial charge < -0.3 is 10.1 Å². The number of esters is 1. The summed E-state index contributed by atoms with van der Waals surface area (Å²) in [4.78, 5) is 33.1. The summed E-state index contributed by atoms with van der Waals surface area (Å²) in [7, 11) is 0. The van der Waals surface area contributed by atoms with Crippen LogP contribution in [0.3, 0.4) is 0 Å². The second-order valence-corrected chi connectivity index (χ2v) is 4.88. The molecule has 0 radical (unpaired) electrons. The highest BCUT2D eigenvalue weighted by Gasteiger charge is 2.27. The maximum atomic E-state index is 13.4. The summed E-state index contributed by atoms with van der Waals surface area (Å²) < 4.78 is 70.3. The van der Waals surface area contributed by atoms with Gasteiger partial charge in [0.2, 0.25) is 5.82 Å². The number of carbonyl (C=O) groups excluding carboxylic acids is 2. The number of rotatable bonds is 5. The fourth-order valence-corrected chi connectivity index (χ4v) is 1.85. The van der Waals surface area contributed by atoms with Crippen molar-refractivity contribution in [2.24, 2.45) is 0 Å². The van der Waals surface area contributed by atoms with Gasteiger partial charge in [-0.15, -0.1) is 0 Å². The second-order valence-electron chi connectivity index (χ2n) is 4.88. The first-order valence-corrected chi connectivity index (χ1v) is 6.86. The van der Waals surface area contributed by atoms with Gasteiger partial charge in [-0.3, -0.25) is 14.9 Å². The molecular formula is C15H7F5N2O5. The Hall–Kier alpha value is -3.57. The summed E-state index contributed by atoms with van der Waals surface area (Å²) in [5.74, 6) is -14.1. The van der Waals surface area contributed by atoms with Gasteiger partial charge >= 0.3 is 5.97 Å². The van der Waals surface area contributed by atoms with Crippen molar-refractivity contribution in [3.05, 3.63) is 69.0 Å². The lowest BCUT2D eigenvalue weighted by Crippen LogP contribution is -2.23. The molecule has 0 fully saturated rings. The fraction of sp³-hybridized carbons (Fsp3) is 0.0667. The lowest BCUT2D eigenvalue weighted by Gasteiger charge is -2.10. The molecule has 0 aliphatic rings. The van der Waals surface area contributed by atoms with Crippen LogP contribution < -0.4 is 5.32 Å². The summed E-state index contributed by atoms with van der Waals surface area (Å²) in [6.07, 6.45) is 0. The third kappa shape index (κ3) is 4.16. The third-order valence-corrected chi connectivity index (χ3v) is 3.10. The monoisotopic (exact) mass is 390 g/mol. The largest absolute Gasteiger partial charge is 0.452 e. The van der Waals surface area contributed by atoms with Crippen molar-refractivity contribution in [3.8, 4) is 0 Å². The van der Waals surface area contributed by atoms with Gasteiger partial charge in [-0.1, -0.05) is 6.07 Å². The number of amides is 1. The Kier molecular flexibility index (Phi) is 5.68. The smallest absolute Gasteiger partial charge is 0.338 e. The molecule has 0 heterocycles. The number of non-ortho nitro benzene ring substituents is 1. The van der Waals surface area contributed by atoms with Crippen molar-refractivity contribution in [2.45, 2.75) is 0 Å². The average Bonchev–Trinajstić information content (AvgIpc) is 2.66. The Bertz CT molecular complexity index is 921. The van der Waals surface area contributed by atoms with Gasteiger partial charge in [0.1, 0.15) is 5.69 Å². The van der Waals surface area contributed by atoms with Crippen molar-refractivity contribution in [1.29, 1.82) is 0 Å². The van der Waals surface area contributed by atoms with Crippen molar-refractivity contribution < 1.29 is 41.2 Å². The molecule has 0 aliphatic carbocycles. The predicted octanol–water partition coefficient (Wildman–Crippen LogP) is 3.09. The molecule has 7 nitrogen and oxygen atoms in total. The molecule has 0 aromatic heterocycles. The number of anilines is 1. The number of halogens is 5. The standard InChI is InChI=1S/C15H7F5N2O5/c16-9-10(17)12(19)14(13(20)11(9)18)21-8(23)5-27-15(24)6-2-1-3-7(4-6)22(25)26/h1-4H,5H2,(H,21,23). The van der Waals surface area contributed by atoms with Gasteiger partial charge in [0.05, 0.1) is 10.5 Å². The van der Waals surface area contributed by atoms with E-state index in [-0.39, 0.29) is 5.56 Å². The molecule has 0 aliphatic heterocycles. The third-order valence-electron chi connectivity index (χ3n) is 3.10. The van der Waals surface area contributed by atoms with E-state index in [0.717, 1.165) is 18.2 Å². The fourth-order valence-electron chi connectivity index (χ4n) is 1.85. The van der Waals surface area contributed by atoms with Crippen molar-refractivity contribution in [3.63, 3.8) is 0 Å². The van der Waals surface area contributed by atoms with Crippen LogP contribution in [-0.2, 0) is 9.53 Å². The normalized spacial score (nSPS) is 10.4. The van der Waals surface area contributed by atoms with Crippen LogP contribution in [0.15, 0.2) is 24.3 Å². The Morgan fingerprint density at radius 1 is 1.00 bits per heavy atom. The van der Waals surface area contributed by atoms with Crippen LogP contribution in [0.2, 0.25) is 0 Å². The van der Waals surface area contributed by atoms with E-state index < -0.39 is 63.9 Å². The predicted molar refractivity (Wildman–Crippen MR) is 78.2 cm³/mol. The topological polar surface area (TPSA) is 98.5 Å². The summed E-state index contributed by atoms with van der Waals surface area (Å²) in [6, 6.07) is 4.25. The zero-order chi connectivity index (χ0) is 20.3. The van der Waals surface area contributed by atoms with E-state index in [1.807, 2.05) is 0 Å². The summed E-state index contributed by atoms with van der Waals surface area (Å²) in [5, 5.41) is 12.0. The molecule has 1 amide bonds. The van der Waals surface area contributed by atoms with Gasteiger partial charge in [0.15, 0.2) is 29.9 Å². The molecule has 0 bridgehead atoms. The average molecular weight is 390 g/mol. The minimum absolute atomic E-state index is 0.298. The first-order valence-electron chi connectivity index (χ1n) is 6.86. The van der Waals surface area contributed by atoms with Gasteiger partial charge in [-0.25, -0.2) is 26.7 Å². The highest BCUT2D eigenvalue weighted by atomic mass is 19.2. The number of nitrogens with zero attached hydrogens (tertiary/aromatic N) is 1. The number of nitrogens with one attached hydrogen (secondary N) is 1. The van der Waals surface area contributed by atoms with E-state index in [0.29, 0.717) is 0 Å². The summed E-state index contributed by atoms with van der Waals surface area (Å²) in [5.41, 5.74) is -2.34. The molecule has 0 atom stereocenters. The number of nitro groups is 1. The molecule has 0 saturated carbocycles. The Morgan fingerprint density at radius 2 is 1.56 bits per heavy atom. The molecule has 2 aromatic carbocycles. The first-order chi connectivity index (χ1) is 12.6. The van der Waals surface area contributed by atoms with Gasteiger partial charge in [0.25, 0.3) is 11.6 Å². The number of hydrogen-bond acceptors (Lipinski definition) is 5. The van der Waals surface area contributed by atoms with E-state index in [9.17, 15) is 41.7 Å². The Balaban J connectivity index is 2.08. The Morgan fingerprint density at radius 3 is 2.11 bits per heavy atom. The van der Waals surface area contributed by atoms with Crippen LogP contribution in [0.5, 0.6) is 0 Å². The molecule has 0 unspecified atom stereocenters. The number of hydrogen-bond donors (Lipinski definition) is 1. The van der Waals surface area contributed by atoms with E-state index in [4.69, 9.17) is 0 Å². The molecule has 0 saturated heterocycles. The van der Waals surface area contributed by atoms with E-state index in [1.165, 1.54) is 11.4 Å². The van der Waals surface area contributed by atoms with Gasteiger partial charge in [0, 0.05) is 12.1 Å². The van der Waals surface area contributed by atoms with Crippen molar-refractivity contribution in [2.75, 3.05) is 11.9 Å². The molecule has 12 heteroatoms. The quantitative estimate of drug-likeness (QED) is 0.211. The lowest BCUT2D eigenvalue weighted by atomic mass is 10.2. The maximum Gasteiger partial charge on any atom is 0.338 e. The van der Waals surface area contributed by atoms with E-state index >= 15 is 0 Å². The van der Waals surface area contributed by atoms with E-state index in [1.54, 1.807) is 0 Å². The molecule has 27 heavy (non-hydrogen) atoms. The number of benzene rings is 2. The molecule has 0 spiro atoms. The molecule has 142 valence electrons. The SMILES string of the molecule is O=C(COC(=O)c1cccc([N+](=O)[O-])c1)Nc1c(F)c(F)c(F)c(F)c1F. The number of ether oxygens (including phenoxy) is 1. The molecule has 1 N–H and O–H groups in total. The second kappa shape index (κ2) is 7.76. The number of nitro benzene ring substituents is 1. The van der Waals surface area contributed by atoms with Crippen LogP contribution in [0.4, 0.5) is 33.3 Å². The molecule has 2 aromatic rings. The van der Waals surface area contributed by atoms with Crippen LogP contribution in [0.25, 0.3) is 0 Å². The number of carbonyl (C=O) groups is 2. The van der Waals surface area contributed by atoms with E-state index in [2.05, 4.69) is 4.74 Å². The Labute approximate surface area is 146 Å². The van der Waals surface area contributed by atoms with Crippen LogP contribution >= 0.6 is 0 Å². The maximum absolute atomic E-state index is 13.4. The highest BCUT2D eigenvalue weighted by molar-refractivity contribution is 5.95. The van der Waals surface area contributed by atoms with Gasteiger partial charge in [-0.05, 0) is 6.07 Å². The van der Waals surface area contributed by atoms with Crippen LogP contribution in [-0.4, -0.2) is 23.4 Å². The van der Waals surface area contributed by atoms with Crippen molar-refractivity contribution in [1.82, 2.24) is 0 Å². The van der Waals surface area contributed by atoms with Crippen LogP contribution in [0.1, 0.15) is 10.4 Å². The molecule has 2 rings (SSSR count). The zero-order valence-electron chi connectivity index (χ0n) is 12.9. The summed E-state index contributed by atoms with van der Waals surface area (Å²) >= 11 is 0. The minimum atomic E-state index is -2.40. The lowest BCUT2D eigenvalue weighted by molar-refractivity contribution is -0.384. The zero-order valence-corrected chi connectivity index (χ0v) is 12.9. The summed E-state index contributed by atoms with van der Waals surface area (Å²) in [6.45, 7) is -1.15.